The number of carbonyl (C=O) groups excluding carboxylic acids is 2. The molecule has 7 nitrogen and oxygen atoms in total. The lowest BCUT2D eigenvalue weighted by Crippen LogP contribution is -2.43. The van der Waals surface area contributed by atoms with Crippen LogP contribution in [-0.4, -0.2) is 50.8 Å². The normalized spacial score (nSPS) is 16.4. The van der Waals surface area contributed by atoms with Crippen LogP contribution in [0.3, 0.4) is 0 Å². The number of amides is 1. The van der Waals surface area contributed by atoms with E-state index in [0.717, 1.165) is 24.1 Å². The van der Waals surface area contributed by atoms with Crippen LogP contribution in [0.25, 0.3) is 11.5 Å². The van der Waals surface area contributed by atoms with Gasteiger partial charge in [-0.3, -0.25) is 9.59 Å². The van der Waals surface area contributed by atoms with Crippen LogP contribution in [0.5, 0.6) is 0 Å². The summed E-state index contributed by atoms with van der Waals surface area (Å²) in [5.74, 6) is 0.0982. The summed E-state index contributed by atoms with van der Waals surface area (Å²) < 4.78 is 8.93. The maximum absolute atomic E-state index is 13.7. The second-order valence-electron chi connectivity index (χ2n) is 7.96. The molecule has 0 spiro atoms. The molecule has 31 heavy (non-hydrogen) atoms. The van der Waals surface area contributed by atoms with Crippen molar-refractivity contribution in [2.24, 2.45) is 5.92 Å². The number of carbonyl (C=O) groups is 2. The molecule has 1 fully saturated rings. The zero-order valence-corrected chi connectivity index (χ0v) is 18.2. The van der Waals surface area contributed by atoms with Crippen molar-refractivity contribution in [3.8, 4) is 11.5 Å². The van der Waals surface area contributed by atoms with E-state index in [0.29, 0.717) is 36.8 Å². The molecule has 0 aliphatic carbocycles. The molecule has 2 aromatic heterocycles. The van der Waals surface area contributed by atoms with Gasteiger partial charge in [0.2, 0.25) is 0 Å². The quantitative estimate of drug-likeness (QED) is 0.590. The highest BCUT2D eigenvalue weighted by Crippen LogP contribution is 2.27. The third-order valence-electron chi connectivity index (χ3n) is 5.71. The molecule has 3 heterocycles. The summed E-state index contributed by atoms with van der Waals surface area (Å²) >= 11 is 0. The number of aryl methyl sites for hydroxylation is 2. The van der Waals surface area contributed by atoms with E-state index in [2.05, 4.69) is 0 Å². The fraction of sp³-hybridized carbons (Fsp3) is 0.375. The van der Waals surface area contributed by atoms with Gasteiger partial charge in [0.05, 0.1) is 23.9 Å². The maximum atomic E-state index is 13.7. The summed E-state index contributed by atoms with van der Waals surface area (Å²) in [6, 6.07) is 11.9. The predicted octanol–water partition coefficient (Wildman–Crippen LogP) is 3.70. The average Bonchev–Trinajstić information content (AvgIpc) is 3.42. The number of piperidine rings is 1. The Balaban J connectivity index is 1.73. The van der Waals surface area contributed by atoms with Crippen molar-refractivity contribution in [2.45, 2.75) is 33.6 Å². The van der Waals surface area contributed by atoms with E-state index >= 15 is 0 Å². The zero-order chi connectivity index (χ0) is 22.0. The van der Waals surface area contributed by atoms with Crippen molar-refractivity contribution in [3.05, 3.63) is 65.6 Å². The molecular weight excluding hydrogens is 392 g/mol. The van der Waals surface area contributed by atoms with Gasteiger partial charge in [0.25, 0.3) is 5.91 Å². The van der Waals surface area contributed by atoms with Crippen LogP contribution in [0.1, 0.15) is 41.4 Å². The van der Waals surface area contributed by atoms with Crippen LogP contribution in [0, 0.1) is 19.8 Å². The van der Waals surface area contributed by atoms with Crippen molar-refractivity contribution in [1.82, 2.24) is 19.2 Å². The van der Waals surface area contributed by atoms with E-state index in [1.807, 2.05) is 71.9 Å². The van der Waals surface area contributed by atoms with Crippen LogP contribution in [0.4, 0.5) is 0 Å². The van der Waals surface area contributed by atoms with Gasteiger partial charge in [-0.1, -0.05) is 17.7 Å². The Hall–Kier alpha value is -3.35. The van der Waals surface area contributed by atoms with E-state index in [9.17, 15) is 9.59 Å². The molecule has 1 aromatic carbocycles. The number of benzene rings is 1. The highest BCUT2D eigenvalue weighted by Gasteiger charge is 2.33. The summed E-state index contributed by atoms with van der Waals surface area (Å²) in [4.78, 5) is 27.7. The molecule has 3 aromatic rings. The van der Waals surface area contributed by atoms with E-state index in [-0.39, 0.29) is 17.8 Å². The van der Waals surface area contributed by atoms with Crippen molar-refractivity contribution in [2.75, 3.05) is 19.7 Å². The Morgan fingerprint density at radius 3 is 2.52 bits per heavy atom. The summed E-state index contributed by atoms with van der Waals surface area (Å²) in [7, 11) is 0. The summed E-state index contributed by atoms with van der Waals surface area (Å²) in [6.45, 7) is 7.04. The van der Waals surface area contributed by atoms with Crippen molar-refractivity contribution < 1.29 is 14.3 Å². The summed E-state index contributed by atoms with van der Waals surface area (Å²) in [5.41, 5.74) is 3.26. The smallest absolute Gasteiger partial charge is 0.310 e. The van der Waals surface area contributed by atoms with E-state index < -0.39 is 0 Å². The van der Waals surface area contributed by atoms with Gasteiger partial charge in [-0.05, 0) is 57.9 Å². The Kier molecular flexibility index (Phi) is 5.93. The molecule has 4 rings (SSSR count). The van der Waals surface area contributed by atoms with E-state index in [1.54, 1.807) is 11.8 Å². The molecule has 0 saturated carbocycles. The zero-order valence-electron chi connectivity index (χ0n) is 18.2. The monoisotopic (exact) mass is 420 g/mol. The minimum absolute atomic E-state index is 0.103. The van der Waals surface area contributed by atoms with Gasteiger partial charge in [0, 0.05) is 25.5 Å². The average molecular weight is 421 g/mol. The first-order valence-corrected chi connectivity index (χ1v) is 10.8. The molecule has 1 unspecified atom stereocenters. The largest absolute Gasteiger partial charge is 0.466 e. The first-order chi connectivity index (χ1) is 15.0. The number of hydrogen-bond donors (Lipinski definition) is 0. The maximum Gasteiger partial charge on any atom is 0.310 e. The van der Waals surface area contributed by atoms with Gasteiger partial charge in [0.1, 0.15) is 5.56 Å². The lowest BCUT2D eigenvalue weighted by atomic mass is 9.97. The fourth-order valence-corrected chi connectivity index (χ4v) is 4.12. The lowest BCUT2D eigenvalue weighted by molar-refractivity contribution is -0.149. The third-order valence-corrected chi connectivity index (χ3v) is 5.71. The first-order valence-electron chi connectivity index (χ1n) is 10.8. The highest BCUT2D eigenvalue weighted by molar-refractivity contribution is 5.99. The van der Waals surface area contributed by atoms with Crippen molar-refractivity contribution in [1.29, 1.82) is 0 Å². The molecule has 162 valence electrons. The second kappa shape index (κ2) is 8.79. The van der Waals surface area contributed by atoms with Crippen molar-refractivity contribution in [3.63, 3.8) is 0 Å². The van der Waals surface area contributed by atoms with Gasteiger partial charge >= 0.3 is 5.97 Å². The number of esters is 1. The molecule has 1 aliphatic rings. The lowest BCUT2D eigenvalue weighted by Gasteiger charge is -2.31. The topological polar surface area (TPSA) is 69.4 Å². The molecule has 0 radical (unpaired) electrons. The SMILES string of the molecule is CCOC(=O)C1CCCN(C(=O)c2c(C)nn(-c3ccc(C)cc3)c2-n2cccc2)C1. The van der Waals surface area contributed by atoms with Crippen LogP contribution in [0.15, 0.2) is 48.8 Å². The van der Waals surface area contributed by atoms with Gasteiger partial charge in [-0.15, -0.1) is 0 Å². The third kappa shape index (κ3) is 4.13. The van der Waals surface area contributed by atoms with E-state index in [1.165, 1.54) is 0 Å². The first kappa shape index (κ1) is 20.9. The number of aromatic nitrogens is 3. The molecule has 0 bridgehead atoms. The van der Waals surface area contributed by atoms with Gasteiger partial charge < -0.3 is 14.2 Å². The van der Waals surface area contributed by atoms with Crippen molar-refractivity contribution >= 4 is 11.9 Å². The second-order valence-corrected chi connectivity index (χ2v) is 7.96. The molecular formula is C24H28N4O3. The highest BCUT2D eigenvalue weighted by atomic mass is 16.5. The molecule has 1 aliphatic heterocycles. The summed E-state index contributed by atoms with van der Waals surface area (Å²) in [6.07, 6.45) is 5.35. The van der Waals surface area contributed by atoms with Crippen LogP contribution in [0.2, 0.25) is 0 Å². The Bertz CT molecular complexity index is 1070. The molecule has 1 atom stereocenters. The summed E-state index contributed by atoms with van der Waals surface area (Å²) in [5, 5.41) is 4.72. The number of hydrogen-bond acceptors (Lipinski definition) is 4. The fourth-order valence-electron chi connectivity index (χ4n) is 4.12. The Morgan fingerprint density at radius 2 is 1.84 bits per heavy atom. The molecule has 7 heteroatoms. The predicted molar refractivity (Wildman–Crippen MR) is 118 cm³/mol. The van der Waals surface area contributed by atoms with Crippen LogP contribution in [-0.2, 0) is 9.53 Å². The van der Waals surface area contributed by atoms with Gasteiger partial charge in [-0.25, -0.2) is 4.68 Å². The number of ether oxygens (including phenoxy) is 1. The van der Waals surface area contributed by atoms with Gasteiger partial charge in [0.15, 0.2) is 5.82 Å². The molecule has 0 N–H and O–H groups in total. The minimum atomic E-state index is -0.278. The molecule has 1 amide bonds. The Labute approximate surface area is 182 Å². The van der Waals surface area contributed by atoms with Crippen LogP contribution >= 0.6 is 0 Å². The number of nitrogens with zero attached hydrogens (tertiary/aromatic N) is 4. The molecule has 1 saturated heterocycles. The van der Waals surface area contributed by atoms with Crippen LogP contribution < -0.4 is 0 Å². The Morgan fingerprint density at radius 1 is 1.13 bits per heavy atom. The van der Waals surface area contributed by atoms with E-state index in [4.69, 9.17) is 9.84 Å². The van der Waals surface area contributed by atoms with Gasteiger partial charge in [-0.2, -0.15) is 5.10 Å². The number of rotatable bonds is 5. The standard InChI is InChI=1S/C24H28N4O3/c1-4-31-24(30)19-8-7-15-27(16-19)23(29)21-18(3)25-28(20-11-9-17(2)10-12-20)22(21)26-13-5-6-14-26/h5-6,9-14,19H,4,7-8,15-16H2,1-3H3. The number of likely N-dealkylation sites (tertiary alicyclic amines) is 1. The minimum Gasteiger partial charge on any atom is -0.466 e.